The van der Waals surface area contributed by atoms with Crippen molar-refractivity contribution in [1.29, 1.82) is 0 Å². The van der Waals surface area contributed by atoms with E-state index in [1.807, 2.05) is 12.1 Å². The van der Waals surface area contributed by atoms with Gasteiger partial charge in [-0.15, -0.1) is 0 Å². The molecule has 0 spiro atoms. The van der Waals surface area contributed by atoms with Gasteiger partial charge in [0.2, 0.25) is 0 Å². The zero-order chi connectivity index (χ0) is 9.10. The smallest absolute Gasteiger partial charge is 0.117 e. The molecule has 0 bridgehead atoms. The van der Waals surface area contributed by atoms with E-state index in [2.05, 4.69) is 5.32 Å². The summed E-state index contributed by atoms with van der Waals surface area (Å²) in [6.45, 7) is 0.717. The summed E-state index contributed by atoms with van der Waals surface area (Å²) >= 11 is 0. The van der Waals surface area contributed by atoms with Crippen LogP contribution in [0.25, 0.3) is 0 Å². The highest BCUT2D eigenvalue weighted by Crippen LogP contribution is 2.19. The standard InChI is InChI=1S/C10H15NO2/c12-10-5-1-4-9(10)11-7-8-3-2-6-13-8/h2-3,6,9-12H,1,4-5,7H2/t9-,10-/m1/s1. The molecular formula is C10H15NO2. The molecule has 72 valence electrons. The highest BCUT2D eigenvalue weighted by atomic mass is 16.3. The summed E-state index contributed by atoms with van der Waals surface area (Å²) in [5.41, 5.74) is 0. The average molecular weight is 181 g/mol. The van der Waals surface area contributed by atoms with Crippen LogP contribution in [0.1, 0.15) is 25.0 Å². The fourth-order valence-corrected chi connectivity index (χ4v) is 1.82. The van der Waals surface area contributed by atoms with Crippen LogP contribution >= 0.6 is 0 Å². The van der Waals surface area contributed by atoms with Gasteiger partial charge >= 0.3 is 0 Å². The zero-order valence-electron chi connectivity index (χ0n) is 7.57. The van der Waals surface area contributed by atoms with Gasteiger partial charge in [-0.3, -0.25) is 0 Å². The monoisotopic (exact) mass is 181 g/mol. The normalized spacial score (nSPS) is 28.1. The Morgan fingerprint density at radius 3 is 3.08 bits per heavy atom. The molecule has 0 amide bonds. The molecule has 2 atom stereocenters. The van der Waals surface area contributed by atoms with Crippen LogP contribution in [0, 0.1) is 0 Å². The summed E-state index contributed by atoms with van der Waals surface area (Å²) in [7, 11) is 0. The lowest BCUT2D eigenvalue weighted by atomic mass is 10.2. The lowest BCUT2D eigenvalue weighted by Crippen LogP contribution is -2.34. The second-order valence-electron chi connectivity index (χ2n) is 3.57. The molecule has 1 fully saturated rings. The molecular weight excluding hydrogens is 166 g/mol. The molecule has 1 aliphatic rings. The highest BCUT2D eigenvalue weighted by Gasteiger charge is 2.24. The largest absolute Gasteiger partial charge is 0.468 e. The maximum absolute atomic E-state index is 9.52. The molecule has 1 heterocycles. The van der Waals surface area contributed by atoms with Crippen molar-refractivity contribution in [1.82, 2.24) is 5.32 Å². The third kappa shape index (κ3) is 2.11. The predicted molar refractivity (Wildman–Crippen MR) is 49.2 cm³/mol. The van der Waals surface area contributed by atoms with Crippen LogP contribution in [0.5, 0.6) is 0 Å². The van der Waals surface area contributed by atoms with E-state index in [1.165, 1.54) is 0 Å². The molecule has 0 radical (unpaired) electrons. The molecule has 1 aliphatic carbocycles. The van der Waals surface area contributed by atoms with Crippen molar-refractivity contribution in [2.24, 2.45) is 0 Å². The Morgan fingerprint density at radius 2 is 2.46 bits per heavy atom. The highest BCUT2D eigenvalue weighted by molar-refractivity contribution is 4.98. The first-order chi connectivity index (χ1) is 6.36. The molecule has 2 N–H and O–H groups in total. The molecule has 3 heteroatoms. The minimum absolute atomic E-state index is 0.171. The van der Waals surface area contributed by atoms with E-state index in [0.29, 0.717) is 6.54 Å². The Balaban J connectivity index is 1.79. The Kier molecular flexibility index (Phi) is 2.66. The van der Waals surface area contributed by atoms with E-state index < -0.39 is 0 Å². The fraction of sp³-hybridized carbons (Fsp3) is 0.600. The molecule has 0 unspecified atom stereocenters. The summed E-state index contributed by atoms with van der Waals surface area (Å²) in [6.07, 6.45) is 4.62. The van der Waals surface area contributed by atoms with Gasteiger partial charge in [0.25, 0.3) is 0 Å². The average Bonchev–Trinajstić information content (AvgIpc) is 2.72. The topological polar surface area (TPSA) is 45.4 Å². The summed E-state index contributed by atoms with van der Waals surface area (Å²) in [6, 6.07) is 4.07. The van der Waals surface area contributed by atoms with Crippen LogP contribution in [0.2, 0.25) is 0 Å². The number of rotatable bonds is 3. The molecule has 1 aromatic heterocycles. The third-order valence-electron chi connectivity index (χ3n) is 2.60. The molecule has 2 rings (SSSR count). The first-order valence-electron chi connectivity index (χ1n) is 4.80. The number of hydrogen-bond donors (Lipinski definition) is 2. The second-order valence-corrected chi connectivity index (χ2v) is 3.57. The Morgan fingerprint density at radius 1 is 1.54 bits per heavy atom. The van der Waals surface area contributed by atoms with Crippen molar-refractivity contribution in [3.05, 3.63) is 24.2 Å². The number of nitrogens with one attached hydrogen (secondary N) is 1. The van der Waals surface area contributed by atoms with E-state index in [9.17, 15) is 5.11 Å². The van der Waals surface area contributed by atoms with Crippen molar-refractivity contribution in [3.8, 4) is 0 Å². The summed E-state index contributed by atoms with van der Waals surface area (Å²) in [4.78, 5) is 0. The van der Waals surface area contributed by atoms with Crippen molar-refractivity contribution in [2.45, 2.75) is 38.0 Å². The molecule has 1 saturated carbocycles. The number of aliphatic hydroxyl groups is 1. The van der Waals surface area contributed by atoms with Gasteiger partial charge in [-0.25, -0.2) is 0 Å². The van der Waals surface area contributed by atoms with E-state index in [4.69, 9.17) is 4.42 Å². The van der Waals surface area contributed by atoms with Crippen molar-refractivity contribution in [2.75, 3.05) is 0 Å². The lowest BCUT2D eigenvalue weighted by molar-refractivity contribution is 0.147. The van der Waals surface area contributed by atoms with Gasteiger partial charge in [-0.1, -0.05) is 0 Å². The minimum atomic E-state index is -0.171. The van der Waals surface area contributed by atoms with E-state index in [0.717, 1.165) is 25.0 Å². The lowest BCUT2D eigenvalue weighted by Gasteiger charge is -2.14. The molecule has 0 aromatic carbocycles. The van der Waals surface area contributed by atoms with Crippen LogP contribution in [-0.4, -0.2) is 17.3 Å². The van der Waals surface area contributed by atoms with Gasteiger partial charge in [0.15, 0.2) is 0 Å². The van der Waals surface area contributed by atoms with Gasteiger partial charge in [0.05, 0.1) is 18.9 Å². The Hall–Kier alpha value is -0.800. The van der Waals surface area contributed by atoms with Crippen molar-refractivity contribution in [3.63, 3.8) is 0 Å². The number of furan rings is 1. The first kappa shape index (κ1) is 8.78. The summed E-state index contributed by atoms with van der Waals surface area (Å²) in [5.74, 6) is 0.930. The van der Waals surface area contributed by atoms with E-state index in [1.54, 1.807) is 6.26 Å². The molecule has 13 heavy (non-hydrogen) atoms. The first-order valence-corrected chi connectivity index (χ1v) is 4.80. The van der Waals surface area contributed by atoms with Crippen LogP contribution in [0.15, 0.2) is 22.8 Å². The predicted octanol–water partition coefficient (Wildman–Crippen LogP) is 1.28. The van der Waals surface area contributed by atoms with Gasteiger partial charge in [-0.2, -0.15) is 0 Å². The molecule has 0 saturated heterocycles. The van der Waals surface area contributed by atoms with Crippen LogP contribution in [0.3, 0.4) is 0 Å². The van der Waals surface area contributed by atoms with Crippen molar-refractivity contribution < 1.29 is 9.52 Å². The molecule has 3 nitrogen and oxygen atoms in total. The summed E-state index contributed by atoms with van der Waals surface area (Å²) in [5, 5.41) is 12.8. The van der Waals surface area contributed by atoms with E-state index in [-0.39, 0.29) is 12.1 Å². The molecule has 1 aromatic rings. The van der Waals surface area contributed by atoms with Crippen molar-refractivity contribution >= 4 is 0 Å². The maximum atomic E-state index is 9.52. The molecule has 0 aliphatic heterocycles. The quantitative estimate of drug-likeness (QED) is 0.738. The van der Waals surface area contributed by atoms with Gasteiger partial charge < -0.3 is 14.8 Å². The van der Waals surface area contributed by atoms with Crippen LogP contribution in [-0.2, 0) is 6.54 Å². The number of aliphatic hydroxyl groups excluding tert-OH is 1. The Bertz CT molecular complexity index is 245. The minimum Gasteiger partial charge on any atom is -0.468 e. The zero-order valence-corrected chi connectivity index (χ0v) is 7.57. The SMILES string of the molecule is O[C@@H]1CCC[C@H]1NCc1ccco1. The second kappa shape index (κ2) is 3.94. The third-order valence-corrected chi connectivity index (χ3v) is 2.60. The summed E-state index contributed by atoms with van der Waals surface area (Å²) < 4.78 is 5.18. The Labute approximate surface area is 77.8 Å². The van der Waals surface area contributed by atoms with Crippen LogP contribution < -0.4 is 5.32 Å². The van der Waals surface area contributed by atoms with Gasteiger partial charge in [-0.05, 0) is 31.4 Å². The van der Waals surface area contributed by atoms with Gasteiger partial charge in [0.1, 0.15) is 5.76 Å². The maximum Gasteiger partial charge on any atom is 0.117 e. The van der Waals surface area contributed by atoms with E-state index >= 15 is 0 Å². The fourth-order valence-electron chi connectivity index (χ4n) is 1.82. The van der Waals surface area contributed by atoms with Crippen LogP contribution in [0.4, 0.5) is 0 Å². The number of hydrogen-bond acceptors (Lipinski definition) is 3. The van der Waals surface area contributed by atoms with Gasteiger partial charge in [0, 0.05) is 6.04 Å².